The molecule has 0 aromatic carbocycles. The zero-order valence-corrected chi connectivity index (χ0v) is 8.98. The minimum atomic E-state index is -0.904. The highest BCUT2D eigenvalue weighted by Gasteiger charge is 2.34. The van der Waals surface area contributed by atoms with E-state index < -0.39 is 29.7 Å². The van der Waals surface area contributed by atoms with Crippen molar-refractivity contribution in [3.8, 4) is 0 Å². The molecule has 0 bridgehead atoms. The summed E-state index contributed by atoms with van der Waals surface area (Å²) in [6, 6.07) is -0.904. The van der Waals surface area contributed by atoms with Crippen LogP contribution in [0.2, 0.25) is 0 Å². The minimum absolute atomic E-state index is 0.0423. The Balaban J connectivity index is 2.53. The molecule has 0 aromatic heterocycles. The lowest BCUT2D eigenvalue weighted by Crippen LogP contribution is -2.42. The minimum Gasteiger partial charge on any atom is -0.343 e. The van der Waals surface area contributed by atoms with Crippen LogP contribution < -0.4 is 5.32 Å². The van der Waals surface area contributed by atoms with Gasteiger partial charge < -0.3 is 10.2 Å². The highest BCUT2D eigenvalue weighted by Crippen LogP contribution is 2.12. The van der Waals surface area contributed by atoms with Gasteiger partial charge in [-0.25, -0.2) is 4.79 Å². The van der Waals surface area contributed by atoms with Gasteiger partial charge in [-0.3, -0.25) is 14.4 Å². The van der Waals surface area contributed by atoms with Gasteiger partial charge in [0.2, 0.25) is 5.91 Å². The van der Waals surface area contributed by atoms with Crippen molar-refractivity contribution in [1.82, 2.24) is 10.4 Å². The molecule has 0 spiro atoms. The zero-order chi connectivity index (χ0) is 12.3. The summed E-state index contributed by atoms with van der Waals surface area (Å²) in [4.78, 5) is 48.8. The molecule has 16 heavy (non-hydrogen) atoms. The van der Waals surface area contributed by atoms with E-state index in [0.717, 1.165) is 0 Å². The first-order valence-corrected chi connectivity index (χ1v) is 4.76. The maximum atomic E-state index is 11.3. The van der Waals surface area contributed by atoms with E-state index in [1.54, 1.807) is 0 Å². The van der Waals surface area contributed by atoms with E-state index in [9.17, 15) is 19.2 Å². The third kappa shape index (κ3) is 2.78. The van der Waals surface area contributed by atoms with Crippen LogP contribution in [0.15, 0.2) is 0 Å². The van der Waals surface area contributed by atoms with Crippen LogP contribution in [0.1, 0.15) is 26.7 Å². The van der Waals surface area contributed by atoms with Gasteiger partial charge in [-0.2, -0.15) is 0 Å². The third-order valence-corrected chi connectivity index (χ3v) is 1.96. The average Bonchev–Trinajstić information content (AvgIpc) is 2.48. The molecule has 1 fully saturated rings. The molecule has 7 nitrogen and oxygen atoms in total. The molecule has 1 aliphatic rings. The molecule has 88 valence electrons. The maximum absolute atomic E-state index is 11.3. The van der Waals surface area contributed by atoms with Crippen LogP contribution >= 0.6 is 0 Å². The van der Waals surface area contributed by atoms with Crippen LogP contribution in [0, 0.1) is 0 Å². The number of carbonyl (C=O) groups excluding carboxylic acids is 4. The Labute approximate surface area is 91.7 Å². The standard InChI is InChI=1S/C9H12N2O5/c1-5(10-6(2)12)9(15)16-11-7(13)3-4-8(11)14/h5H,3-4H2,1-2H3,(H,10,12)/t5-/m1/s1. The Morgan fingerprint density at radius 1 is 1.31 bits per heavy atom. The normalized spacial score (nSPS) is 17.2. The topological polar surface area (TPSA) is 92.8 Å². The summed E-state index contributed by atoms with van der Waals surface area (Å²) >= 11 is 0. The van der Waals surface area contributed by atoms with Gasteiger partial charge in [-0.1, -0.05) is 0 Å². The summed E-state index contributed by atoms with van der Waals surface area (Å²) in [5.41, 5.74) is 0. The van der Waals surface area contributed by atoms with Crippen LogP contribution in [-0.4, -0.2) is 34.8 Å². The fourth-order valence-electron chi connectivity index (χ4n) is 1.19. The van der Waals surface area contributed by atoms with Crippen LogP contribution in [0.3, 0.4) is 0 Å². The smallest absolute Gasteiger partial charge is 0.343 e. The zero-order valence-electron chi connectivity index (χ0n) is 8.98. The predicted molar refractivity (Wildman–Crippen MR) is 50.5 cm³/mol. The van der Waals surface area contributed by atoms with Crippen molar-refractivity contribution >= 4 is 23.7 Å². The lowest BCUT2D eigenvalue weighted by atomic mass is 10.3. The molecule has 0 unspecified atom stereocenters. The van der Waals surface area contributed by atoms with Crippen LogP contribution in [0.4, 0.5) is 0 Å². The quantitative estimate of drug-likeness (QED) is 0.633. The third-order valence-electron chi connectivity index (χ3n) is 1.96. The second-order valence-electron chi connectivity index (χ2n) is 3.41. The van der Waals surface area contributed by atoms with Gasteiger partial charge in [-0.15, -0.1) is 5.06 Å². The Kier molecular flexibility index (Phi) is 3.60. The van der Waals surface area contributed by atoms with Crippen molar-refractivity contribution in [3.63, 3.8) is 0 Å². The molecule has 1 N–H and O–H groups in total. The van der Waals surface area contributed by atoms with Crippen molar-refractivity contribution < 1.29 is 24.0 Å². The van der Waals surface area contributed by atoms with Crippen LogP contribution in [0.5, 0.6) is 0 Å². The van der Waals surface area contributed by atoms with E-state index in [0.29, 0.717) is 5.06 Å². The molecular weight excluding hydrogens is 216 g/mol. The number of hydrogen-bond acceptors (Lipinski definition) is 5. The molecule has 0 saturated carbocycles. The Morgan fingerprint density at radius 2 is 1.81 bits per heavy atom. The van der Waals surface area contributed by atoms with Gasteiger partial charge in [0.15, 0.2) is 0 Å². The SMILES string of the molecule is CC(=O)N[C@H](C)C(=O)ON1C(=O)CCC1=O. The number of rotatable bonds is 3. The maximum Gasteiger partial charge on any atom is 0.354 e. The van der Waals surface area contributed by atoms with Gasteiger partial charge in [-0.05, 0) is 6.92 Å². The molecule has 0 aromatic rings. The van der Waals surface area contributed by atoms with E-state index in [-0.39, 0.29) is 12.8 Å². The van der Waals surface area contributed by atoms with Gasteiger partial charge in [0.05, 0.1) is 0 Å². The van der Waals surface area contributed by atoms with Crippen molar-refractivity contribution in [2.75, 3.05) is 0 Å². The van der Waals surface area contributed by atoms with Gasteiger partial charge in [0, 0.05) is 19.8 Å². The molecular formula is C9H12N2O5. The summed E-state index contributed by atoms with van der Waals surface area (Å²) in [5, 5.41) is 2.73. The molecule has 3 amide bonds. The lowest BCUT2D eigenvalue weighted by Gasteiger charge is -2.16. The first-order chi connectivity index (χ1) is 7.41. The Bertz CT molecular complexity index is 336. The lowest BCUT2D eigenvalue weighted by molar-refractivity contribution is -0.198. The second kappa shape index (κ2) is 4.73. The predicted octanol–water partition coefficient (Wildman–Crippen LogP) is -0.882. The second-order valence-corrected chi connectivity index (χ2v) is 3.41. The molecule has 0 aliphatic carbocycles. The molecule has 1 heterocycles. The van der Waals surface area contributed by atoms with Gasteiger partial charge in [0.1, 0.15) is 6.04 Å². The Hall–Kier alpha value is -1.92. The summed E-state index contributed by atoms with van der Waals surface area (Å²) in [7, 11) is 0. The fourth-order valence-corrected chi connectivity index (χ4v) is 1.19. The average molecular weight is 228 g/mol. The molecule has 1 rings (SSSR count). The van der Waals surface area contributed by atoms with Crippen molar-refractivity contribution in [3.05, 3.63) is 0 Å². The first-order valence-electron chi connectivity index (χ1n) is 4.76. The van der Waals surface area contributed by atoms with E-state index in [1.807, 2.05) is 0 Å². The van der Waals surface area contributed by atoms with Crippen molar-refractivity contribution in [2.45, 2.75) is 32.7 Å². The van der Waals surface area contributed by atoms with Crippen molar-refractivity contribution in [1.29, 1.82) is 0 Å². The largest absolute Gasteiger partial charge is 0.354 e. The molecule has 7 heteroatoms. The molecule has 1 saturated heterocycles. The van der Waals surface area contributed by atoms with E-state index >= 15 is 0 Å². The van der Waals surface area contributed by atoms with E-state index in [1.165, 1.54) is 13.8 Å². The number of imide groups is 1. The highest BCUT2D eigenvalue weighted by molar-refractivity contribution is 6.01. The Morgan fingerprint density at radius 3 is 2.25 bits per heavy atom. The summed E-state index contributed by atoms with van der Waals surface area (Å²) < 4.78 is 0. The molecule has 0 radical (unpaired) electrons. The summed E-state index contributed by atoms with van der Waals surface area (Å²) in [5.74, 6) is -2.34. The number of amides is 3. The first kappa shape index (κ1) is 12.2. The molecule has 1 atom stereocenters. The fraction of sp³-hybridized carbons (Fsp3) is 0.556. The molecule has 1 aliphatic heterocycles. The monoisotopic (exact) mass is 228 g/mol. The van der Waals surface area contributed by atoms with Gasteiger partial charge in [0.25, 0.3) is 11.8 Å². The summed E-state index contributed by atoms with van der Waals surface area (Å²) in [6.45, 7) is 2.64. The summed E-state index contributed by atoms with van der Waals surface area (Å²) in [6.07, 6.45) is 0.0846. The van der Waals surface area contributed by atoms with Crippen molar-refractivity contribution in [2.24, 2.45) is 0 Å². The van der Waals surface area contributed by atoms with Crippen LogP contribution in [0.25, 0.3) is 0 Å². The number of carbonyl (C=O) groups is 4. The van der Waals surface area contributed by atoms with Crippen LogP contribution in [-0.2, 0) is 24.0 Å². The van der Waals surface area contributed by atoms with E-state index in [2.05, 4.69) is 10.2 Å². The number of nitrogens with one attached hydrogen (secondary N) is 1. The number of nitrogens with zero attached hydrogens (tertiary/aromatic N) is 1. The highest BCUT2D eigenvalue weighted by atomic mass is 16.7. The van der Waals surface area contributed by atoms with E-state index in [4.69, 9.17) is 0 Å². The number of hydroxylamine groups is 2. The van der Waals surface area contributed by atoms with Gasteiger partial charge >= 0.3 is 5.97 Å². The number of hydrogen-bond donors (Lipinski definition) is 1.